The van der Waals surface area contributed by atoms with Gasteiger partial charge in [0.25, 0.3) is 0 Å². The standard InChI is InChI=1S/C12H5F4NO2/c13-5-3-6(10(16)8(15)4-5)11-7(14)1-2-9(17-11)12(18)19/h1-4H,(H,18,19). The first-order valence-corrected chi connectivity index (χ1v) is 4.95. The second-order valence-corrected chi connectivity index (χ2v) is 3.58. The Kier molecular flexibility index (Phi) is 3.20. The Labute approximate surface area is 104 Å². The molecule has 0 amide bonds. The lowest BCUT2D eigenvalue weighted by molar-refractivity contribution is 0.0690. The van der Waals surface area contributed by atoms with Crippen molar-refractivity contribution in [3.63, 3.8) is 0 Å². The Morgan fingerprint density at radius 1 is 1.05 bits per heavy atom. The number of nitrogens with zero attached hydrogens (tertiary/aromatic N) is 1. The van der Waals surface area contributed by atoms with E-state index in [4.69, 9.17) is 5.11 Å². The molecule has 0 fully saturated rings. The summed E-state index contributed by atoms with van der Waals surface area (Å²) in [4.78, 5) is 14.0. The van der Waals surface area contributed by atoms with Crippen molar-refractivity contribution in [2.75, 3.05) is 0 Å². The molecule has 0 unspecified atom stereocenters. The molecule has 98 valence electrons. The highest BCUT2D eigenvalue weighted by Gasteiger charge is 2.19. The molecule has 0 radical (unpaired) electrons. The number of rotatable bonds is 2. The van der Waals surface area contributed by atoms with Gasteiger partial charge in [-0.3, -0.25) is 0 Å². The van der Waals surface area contributed by atoms with Gasteiger partial charge in [-0.05, 0) is 18.2 Å². The number of carboxylic acids is 1. The Balaban J connectivity index is 2.71. The predicted molar refractivity (Wildman–Crippen MR) is 56.5 cm³/mol. The van der Waals surface area contributed by atoms with Crippen molar-refractivity contribution in [2.24, 2.45) is 0 Å². The molecule has 0 saturated carbocycles. The minimum Gasteiger partial charge on any atom is -0.477 e. The molecular formula is C12H5F4NO2. The van der Waals surface area contributed by atoms with Crippen LogP contribution in [-0.4, -0.2) is 16.1 Å². The zero-order valence-electron chi connectivity index (χ0n) is 9.12. The molecule has 2 aromatic rings. The summed E-state index contributed by atoms with van der Waals surface area (Å²) >= 11 is 0. The minimum atomic E-state index is -1.52. The van der Waals surface area contributed by atoms with E-state index >= 15 is 0 Å². The summed E-state index contributed by atoms with van der Waals surface area (Å²) in [6.45, 7) is 0. The molecular weight excluding hydrogens is 266 g/mol. The van der Waals surface area contributed by atoms with Crippen molar-refractivity contribution < 1.29 is 27.5 Å². The molecule has 1 aromatic heterocycles. The average Bonchev–Trinajstić information content (AvgIpc) is 2.34. The smallest absolute Gasteiger partial charge is 0.354 e. The second kappa shape index (κ2) is 4.68. The van der Waals surface area contributed by atoms with Crippen LogP contribution in [0.4, 0.5) is 17.6 Å². The van der Waals surface area contributed by atoms with Crippen LogP contribution in [-0.2, 0) is 0 Å². The van der Waals surface area contributed by atoms with E-state index in [0.717, 1.165) is 12.1 Å². The summed E-state index contributed by atoms with van der Waals surface area (Å²) in [6, 6.07) is 2.41. The summed E-state index contributed by atoms with van der Waals surface area (Å²) in [5.41, 5.74) is -2.12. The topological polar surface area (TPSA) is 50.2 Å². The first kappa shape index (κ1) is 13.0. The number of hydrogen-bond acceptors (Lipinski definition) is 2. The lowest BCUT2D eigenvalue weighted by Crippen LogP contribution is -2.04. The van der Waals surface area contributed by atoms with Gasteiger partial charge in [-0.1, -0.05) is 0 Å². The third kappa shape index (κ3) is 2.40. The average molecular weight is 271 g/mol. The highest BCUT2D eigenvalue weighted by atomic mass is 19.2. The van der Waals surface area contributed by atoms with Gasteiger partial charge in [0.2, 0.25) is 0 Å². The maximum Gasteiger partial charge on any atom is 0.354 e. The molecule has 0 atom stereocenters. The quantitative estimate of drug-likeness (QED) is 0.674. The number of aromatic nitrogens is 1. The lowest BCUT2D eigenvalue weighted by Gasteiger charge is -2.06. The summed E-state index contributed by atoms with van der Waals surface area (Å²) < 4.78 is 53.0. The first-order valence-electron chi connectivity index (χ1n) is 4.95. The van der Waals surface area contributed by atoms with E-state index in [1.54, 1.807) is 0 Å². The third-order valence-corrected chi connectivity index (χ3v) is 2.31. The SMILES string of the molecule is O=C(O)c1ccc(F)c(-c2cc(F)cc(F)c2F)n1. The van der Waals surface area contributed by atoms with Crippen LogP contribution in [0.15, 0.2) is 24.3 Å². The van der Waals surface area contributed by atoms with E-state index in [2.05, 4.69) is 4.98 Å². The van der Waals surface area contributed by atoms with E-state index in [9.17, 15) is 22.4 Å². The molecule has 2 rings (SSSR count). The zero-order valence-corrected chi connectivity index (χ0v) is 9.12. The van der Waals surface area contributed by atoms with Crippen LogP contribution in [0.3, 0.4) is 0 Å². The summed E-state index contributed by atoms with van der Waals surface area (Å²) in [5.74, 6) is -6.71. The van der Waals surface area contributed by atoms with E-state index < -0.39 is 46.2 Å². The fourth-order valence-electron chi connectivity index (χ4n) is 1.48. The van der Waals surface area contributed by atoms with Crippen LogP contribution >= 0.6 is 0 Å². The van der Waals surface area contributed by atoms with Crippen LogP contribution in [0.5, 0.6) is 0 Å². The number of carboxylic acid groups (broad SMARTS) is 1. The highest BCUT2D eigenvalue weighted by molar-refractivity contribution is 5.86. The summed E-state index contributed by atoms with van der Waals surface area (Å²) in [5, 5.41) is 8.70. The molecule has 1 aromatic carbocycles. The van der Waals surface area contributed by atoms with E-state index in [1.165, 1.54) is 0 Å². The third-order valence-electron chi connectivity index (χ3n) is 2.31. The summed E-state index contributed by atoms with van der Waals surface area (Å²) in [7, 11) is 0. The Hall–Kier alpha value is -2.44. The van der Waals surface area contributed by atoms with Gasteiger partial charge in [0, 0.05) is 11.6 Å². The van der Waals surface area contributed by atoms with Crippen molar-refractivity contribution >= 4 is 5.97 Å². The van der Waals surface area contributed by atoms with Crippen LogP contribution < -0.4 is 0 Å². The molecule has 19 heavy (non-hydrogen) atoms. The van der Waals surface area contributed by atoms with Gasteiger partial charge in [-0.15, -0.1) is 0 Å². The first-order chi connectivity index (χ1) is 8.90. The molecule has 0 saturated heterocycles. The zero-order chi connectivity index (χ0) is 14.2. The predicted octanol–water partition coefficient (Wildman–Crippen LogP) is 3.00. The second-order valence-electron chi connectivity index (χ2n) is 3.58. The molecule has 3 nitrogen and oxygen atoms in total. The molecule has 1 N–H and O–H groups in total. The van der Waals surface area contributed by atoms with Crippen LogP contribution in [0, 0.1) is 23.3 Å². The molecule has 0 bridgehead atoms. The fourth-order valence-corrected chi connectivity index (χ4v) is 1.48. The molecule has 0 aliphatic rings. The minimum absolute atomic E-state index is 0.289. The van der Waals surface area contributed by atoms with Gasteiger partial charge in [0.15, 0.2) is 11.6 Å². The molecule has 1 heterocycles. The molecule has 0 spiro atoms. The Bertz CT molecular complexity index is 673. The Morgan fingerprint density at radius 2 is 1.74 bits per heavy atom. The van der Waals surface area contributed by atoms with Gasteiger partial charge in [-0.25, -0.2) is 27.3 Å². The number of halogens is 4. The summed E-state index contributed by atoms with van der Waals surface area (Å²) in [6.07, 6.45) is 0. The van der Waals surface area contributed by atoms with E-state index in [0.29, 0.717) is 6.07 Å². The van der Waals surface area contributed by atoms with Gasteiger partial charge < -0.3 is 5.11 Å². The molecule has 0 aliphatic carbocycles. The van der Waals surface area contributed by atoms with Gasteiger partial charge in [-0.2, -0.15) is 0 Å². The van der Waals surface area contributed by atoms with Crippen molar-refractivity contribution in [3.05, 3.63) is 53.2 Å². The number of pyridine rings is 1. The highest BCUT2D eigenvalue weighted by Crippen LogP contribution is 2.26. The maximum absolute atomic E-state index is 13.5. The molecule has 7 heteroatoms. The normalized spacial score (nSPS) is 10.5. The van der Waals surface area contributed by atoms with Crippen LogP contribution in [0.1, 0.15) is 10.5 Å². The van der Waals surface area contributed by atoms with E-state index in [-0.39, 0.29) is 6.07 Å². The van der Waals surface area contributed by atoms with Crippen LogP contribution in [0.25, 0.3) is 11.3 Å². The number of carbonyl (C=O) groups is 1. The van der Waals surface area contributed by atoms with E-state index in [1.807, 2.05) is 0 Å². The van der Waals surface area contributed by atoms with Gasteiger partial charge in [0.1, 0.15) is 23.0 Å². The monoisotopic (exact) mass is 271 g/mol. The molecule has 0 aliphatic heterocycles. The fraction of sp³-hybridized carbons (Fsp3) is 0. The van der Waals surface area contributed by atoms with Crippen LogP contribution in [0.2, 0.25) is 0 Å². The Morgan fingerprint density at radius 3 is 2.37 bits per heavy atom. The maximum atomic E-state index is 13.5. The van der Waals surface area contributed by atoms with Crippen molar-refractivity contribution in [3.8, 4) is 11.3 Å². The van der Waals surface area contributed by atoms with Crippen molar-refractivity contribution in [1.82, 2.24) is 4.98 Å². The largest absolute Gasteiger partial charge is 0.477 e. The van der Waals surface area contributed by atoms with Crippen molar-refractivity contribution in [2.45, 2.75) is 0 Å². The van der Waals surface area contributed by atoms with Crippen molar-refractivity contribution in [1.29, 1.82) is 0 Å². The number of aromatic carboxylic acids is 1. The lowest BCUT2D eigenvalue weighted by atomic mass is 10.1. The van der Waals surface area contributed by atoms with Gasteiger partial charge >= 0.3 is 5.97 Å². The number of hydrogen-bond donors (Lipinski definition) is 1. The number of benzene rings is 1. The van der Waals surface area contributed by atoms with Gasteiger partial charge in [0.05, 0.1) is 0 Å².